The molecule has 9 nitrogen and oxygen atoms in total. The molecule has 0 aliphatic heterocycles. The number of carbonyl (C=O) groups is 4. The summed E-state index contributed by atoms with van der Waals surface area (Å²) in [5.74, 6) is 1.77. The molecule has 3 N–H and O–H groups in total. The Bertz CT molecular complexity index is 1160. The molecule has 0 aliphatic rings. The number of amides is 1. The Hall–Kier alpha value is -2.86. The molecule has 3 atom stereocenters. The van der Waals surface area contributed by atoms with Crippen LogP contribution in [-0.4, -0.2) is 72.8 Å². The van der Waals surface area contributed by atoms with Crippen LogP contribution in [0.3, 0.4) is 0 Å². The van der Waals surface area contributed by atoms with E-state index in [1.54, 1.807) is 0 Å². The molecule has 3 unspecified atom stereocenters. The number of methoxy groups -OCH3 is 1. The van der Waals surface area contributed by atoms with Crippen LogP contribution in [0.5, 0.6) is 0 Å². The fraction of sp³-hybridized carbons (Fsp3) is 0.568. The zero-order chi connectivity index (χ0) is 34.7. The summed E-state index contributed by atoms with van der Waals surface area (Å²) in [6.07, 6.45) is 7.04. The van der Waals surface area contributed by atoms with Gasteiger partial charge in [0.1, 0.15) is 6.29 Å². The molecule has 0 aromatic heterocycles. The van der Waals surface area contributed by atoms with E-state index < -0.39 is 12.2 Å². The first-order chi connectivity index (χ1) is 23.4. The SMILES string of the molecule is COC(CC=O)CNC(=O)CCNC(CCCCC(=O)O)OC(=O)CCCCC(CCCSCc1ccccc1)SCc1ccccc1. The molecule has 0 aliphatic carbocycles. The summed E-state index contributed by atoms with van der Waals surface area (Å²) in [6, 6.07) is 21.1. The van der Waals surface area contributed by atoms with Crippen LogP contribution in [0, 0.1) is 0 Å². The number of ether oxygens (including phenoxy) is 2. The van der Waals surface area contributed by atoms with Crippen molar-refractivity contribution in [3.63, 3.8) is 0 Å². The van der Waals surface area contributed by atoms with Crippen molar-refractivity contribution in [2.24, 2.45) is 0 Å². The lowest BCUT2D eigenvalue weighted by Gasteiger charge is -2.20. The molecule has 0 heterocycles. The van der Waals surface area contributed by atoms with E-state index in [-0.39, 0.29) is 50.3 Å². The van der Waals surface area contributed by atoms with E-state index in [1.165, 1.54) is 18.2 Å². The molecule has 266 valence electrons. The van der Waals surface area contributed by atoms with Crippen LogP contribution >= 0.6 is 23.5 Å². The summed E-state index contributed by atoms with van der Waals surface area (Å²) >= 11 is 3.98. The minimum absolute atomic E-state index is 0.0552. The number of hydrogen-bond acceptors (Lipinski definition) is 9. The van der Waals surface area contributed by atoms with Gasteiger partial charge in [-0.15, -0.1) is 0 Å². The number of carboxylic acids is 1. The molecule has 0 bridgehead atoms. The van der Waals surface area contributed by atoms with Crippen LogP contribution in [0.1, 0.15) is 88.2 Å². The molecule has 0 spiro atoms. The highest BCUT2D eigenvalue weighted by Gasteiger charge is 2.16. The van der Waals surface area contributed by atoms with Gasteiger partial charge in [-0.05, 0) is 61.8 Å². The third-order valence-corrected chi connectivity index (χ3v) is 10.3. The quantitative estimate of drug-likeness (QED) is 0.0361. The van der Waals surface area contributed by atoms with Gasteiger partial charge < -0.3 is 24.7 Å². The number of esters is 1. The minimum atomic E-state index is -0.858. The van der Waals surface area contributed by atoms with Crippen molar-refractivity contribution in [1.82, 2.24) is 10.6 Å². The number of benzene rings is 2. The summed E-state index contributed by atoms with van der Waals surface area (Å²) in [7, 11) is 1.49. The van der Waals surface area contributed by atoms with Gasteiger partial charge in [0.25, 0.3) is 0 Å². The number of aliphatic carboxylic acids is 1. The second-order valence-corrected chi connectivity index (χ2v) is 14.1. The van der Waals surface area contributed by atoms with Crippen molar-refractivity contribution in [1.29, 1.82) is 0 Å². The van der Waals surface area contributed by atoms with E-state index in [1.807, 2.05) is 35.7 Å². The van der Waals surface area contributed by atoms with Gasteiger partial charge in [0.05, 0.1) is 6.10 Å². The topological polar surface area (TPSA) is 131 Å². The van der Waals surface area contributed by atoms with Gasteiger partial charge in [0.15, 0.2) is 6.23 Å². The first-order valence-corrected chi connectivity index (χ1v) is 19.2. The molecule has 0 saturated carbocycles. The first-order valence-electron chi connectivity index (χ1n) is 17.0. The monoisotopic (exact) mass is 702 g/mol. The van der Waals surface area contributed by atoms with Crippen LogP contribution in [-0.2, 0) is 40.2 Å². The van der Waals surface area contributed by atoms with E-state index in [2.05, 4.69) is 59.2 Å². The molecule has 2 aromatic rings. The van der Waals surface area contributed by atoms with Gasteiger partial charge in [-0.3, -0.25) is 19.7 Å². The molecule has 48 heavy (non-hydrogen) atoms. The van der Waals surface area contributed by atoms with E-state index in [9.17, 15) is 19.2 Å². The van der Waals surface area contributed by atoms with Crippen molar-refractivity contribution in [2.75, 3.05) is 26.0 Å². The normalized spacial score (nSPS) is 12.9. The Balaban J connectivity index is 1.76. The standard InChI is InChI=1S/C37H54N2O7S2/c1-45-32(23-25-40)27-39-34(41)22-24-38-35(19-9-10-20-36(42)43)46-37(44)21-11-8-17-33(48-29-31-15-6-3-7-16-31)18-12-26-47-28-30-13-4-2-5-14-30/h2-7,13-16,25,32-33,35,38H,8-12,17-24,26-29H2,1H3,(H,39,41)(H,42,43). The Kier molecular flexibility index (Phi) is 23.3. The zero-order valence-corrected chi connectivity index (χ0v) is 29.9. The third-order valence-electron chi connectivity index (χ3n) is 7.74. The Morgan fingerprint density at radius 3 is 2.15 bits per heavy atom. The van der Waals surface area contributed by atoms with E-state index in [4.69, 9.17) is 14.6 Å². The number of aldehydes is 1. The molecule has 0 saturated heterocycles. The van der Waals surface area contributed by atoms with Gasteiger partial charge in [-0.1, -0.05) is 67.1 Å². The third kappa shape index (κ3) is 21.2. The largest absolute Gasteiger partial charge is 0.481 e. The van der Waals surface area contributed by atoms with Gasteiger partial charge in [-0.25, -0.2) is 0 Å². The summed E-state index contributed by atoms with van der Waals surface area (Å²) in [4.78, 5) is 46.7. The van der Waals surface area contributed by atoms with Crippen LogP contribution in [0.2, 0.25) is 0 Å². The highest BCUT2D eigenvalue weighted by atomic mass is 32.2. The Morgan fingerprint density at radius 1 is 0.833 bits per heavy atom. The number of rotatable bonds is 29. The van der Waals surface area contributed by atoms with Crippen LogP contribution < -0.4 is 10.6 Å². The van der Waals surface area contributed by atoms with E-state index >= 15 is 0 Å². The number of carbonyl (C=O) groups excluding carboxylic acids is 3. The van der Waals surface area contributed by atoms with Crippen LogP contribution in [0.4, 0.5) is 0 Å². The molecular weight excluding hydrogens is 649 g/mol. The molecule has 0 radical (unpaired) electrons. The van der Waals surface area contributed by atoms with Gasteiger partial charge >= 0.3 is 11.9 Å². The average Bonchev–Trinajstić information content (AvgIpc) is 3.09. The summed E-state index contributed by atoms with van der Waals surface area (Å²) < 4.78 is 10.9. The summed E-state index contributed by atoms with van der Waals surface area (Å²) in [6.45, 7) is 0.526. The smallest absolute Gasteiger partial charge is 0.307 e. The van der Waals surface area contributed by atoms with Crippen LogP contribution in [0.25, 0.3) is 0 Å². The number of thioether (sulfide) groups is 2. The predicted molar refractivity (Wildman–Crippen MR) is 195 cm³/mol. The maximum atomic E-state index is 12.8. The van der Waals surface area contributed by atoms with Crippen molar-refractivity contribution in [3.8, 4) is 0 Å². The molecule has 2 rings (SSSR count). The number of carboxylic acid groups (broad SMARTS) is 1. The predicted octanol–water partition coefficient (Wildman–Crippen LogP) is 6.78. The lowest BCUT2D eigenvalue weighted by Crippen LogP contribution is -2.38. The maximum absolute atomic E-state index is 12.8. The fourth-order valence-corrected chi connectivity index (χ4v) is 7.21. The Morgan fingerprint density at radius 2 is 1.48 bits per heavy atom. The Labute approximate surface area is 295 Å². The lowest BCUT2D eigenvalue weighted by atomic mass is 10.1. The molecule has 2 aromatic carbocycles. The van der Waals surface area contributed by atoms with Crippen LogP contribution in [0.15, 0.2) is 60.7 Å². The fourth-order valence-electron chi connectivity index (χ4n) is 4.98. The molecule has 0 fully saturated rings. The number of hydrogen-bond donors (Lipinski definition) is 3. The number of nitrogens with one attached hydrogen (secondary N) is 2. The second-order valence-electron chi connectivity index (χ2n) is 11.7. The highest BCUT2D eigenvalue weighted by molar-refractivity contribution is 7.99. The summed E-state index contributed by atoms with van der Waals surface area (Å²) in [5, 5.41) is 15.4. The lowest BCUT2D eigenvalue weighted by molar-refractivity contribution is -0.151. The molecule has 1 amide bonds. The van der Waals surface area contributed by atoms with E-state index in [0.29, 0.717) is 30.9 Å². The highest BCUT2D eigenvalue weighted by Crippen LogP contribution is 2.27. The first kappa shape index (κ1) is 41.3. The minimum Gasteiger partial charge on any atom is -0.481 e. The van der Waals surface area contributed by atoms with Crippen molar-refractivity contribution >= 4 is 47.7 Å². The van der Waals surface area contributed by atoms with Gasteiger partial charge in [0, 0.05) is 62.6 Å². The van der Waals surface area contributed by atoms with Crippen molar-refractivity contribution in [2.45, 2.75) is 106 Å². The van der Waals surface area contributed by atoms with Crippen molar-refractivity contribution < 1.29 is 33.8 Å². The van der Waals surface area contributed by atoms with Gasteiger partial charge in [0.2, 0.25) is 5.91 Å². The van der Waals surface area contributed by atoms with Crippen molar-refractivity contribution in [3.05, 3.63) is 71.8 Å². The second kappa shape index (κ2) is 27.0. The molecular formula is C37H54N2O7S2. The summed E-state index contributed by atoms with van der Waals surface area (Å²) in [5.41, 5.74) is 2.68. The maximum Gasteiger partial charge on any atom is 0.307 e. The number of unbranched alkanes of at least 4 members (excludes halogenated alkanes) is 2. The van der Waals surface area contributed by atoms with Gasteiger partial charge in [-0.2, -0.15) is 23.5 Å². The average molecular weight is 703 g/mol. The molecule has 11 heteroatoms. The zero-order valence-electron chi connectivity index (χ0n) is 28.3. The van der Waals surface area contributed by atoms with E-state index in [0.717, 1.165) is 55.6 Å².